The molecule has 2 heterocycles. The van der Waals surface area contributed by atoms with Crippen LogP contribution in [0.15, 0.2) is 47.5 Å². The molecule has 132 valence electrons. The molecule has 0 atom stereocenters. The van der Waals surface area contributed by atoms with E-state index in [0.29, 0.717) is 31.8 Å². The van der Waals surface area contributed by atoms with Gasteiger partial charge in [-0.15, -0.1) is 5.10 Å². The molecule has 1 aromatic heterocycles. The highest BCUT2D eigenvalue weighted by atomic mass is 32.2. The molecule has 1 fully saturated rings. The number of aromatic nitrogens is 2. The van der Waals surface area contributed by atoms with Crippen LogP contribution in [0.4, 0.5) is 5.69 Å². The molecule has 0 radical (unpaired) electrons. The van der Waals surface area contributed by atoms with Gasteiger partial charge in [0, 0.05) is 37.5 Å². The van der Waals surface area contributed by atoms with Crippen LogP contribution < -0.4 is 4.74 Å². The number of hydrogen-bond donors (Lipinski definition) is 0. The van der Waals surface area contributed by atoms with Crippen molar-refractivity contribution in [1.29, 1.82) is 0 Å². The fraction of sp³-hybridized carbons (Fsp3) is 0.333. The van der Waals surface area contributed by atoms with E-state index >= 15 is 0 Å². The summed E-state index contributed by atoms with van der Waals surface area (Å²) in [6, 6.07) is 8.32. The van der Waals surface area contributed by atoms with Crippen molar-refractivity contribution in [3.05, 3.63) is 52.7 Å². The Morgan fingerprint density at radius 2 is 1.84 bits per heavy atom. The van der Waals surface area contributed by atoms with Crippen molar-refractivity contribution in [3.8, 4) is 5.88 Å². The average Bonchev–Trinajstić information content (AvgIpc) is 2.63. The molecule has 0 N–H and O–H groups in total. The van der Waals surface area contributed by atoms with Gasteiger partial charge in [-0.05, 0) is 31.0 Å². The van der Waals surface area contributed by atoms with Crippen LogP contribution in [0.25, 0.3) is 0 Å². The molecule has 0 amide bonds. The Morgan fingerprint density at radius 3 is 2.40 bits per heavy atom. The molecule has 9 nitrogen and oxygen atoms in total. The fourth-order valence-electron chi connectivity index (χ4n) is 2.60. The molecule has 0 spiro atoms. The van der Waals surface area contributed by atoms with Crippen LogP contribution in [0.5, 0.6) is 5.88 Å². The standard InChI is InChI=1S/C15H16N4O5S/c20-19(21)12-3-5-14(6-4-12)25(22,23)18-10-7-13(8-11-18)24-15-2-1-9-16-17-15/h1-6,9,13H,7-8,10-11H2. The van der Waals surface area contributed by atoms with E-state index in [1.165, 1.54) is 28.6 Å². The summed E-state index contributed by atoms with van der Waals surface area (Å²) in [5.74, 6) is 0.416. The predicted octanol–water partition coefficient (Wildman–Crippen LogP) is 1.62. The molecule has 1 aliphatic rings. The molecule has 1 aromatic carbocycles. The van der Waals surface area contributed by atoms with Gasteiger partial charge in [0.05, 0.1) is 9.82 Å². The molecule has 0 bridgehead atoms. The van der Waals surface area contributed by atoms with Crippen molar-refractivity contribution >= 4 is 15.7 Å². The Hall–Kier alpha value is -2.59. The van der Waals surface area contributed by atoms with Crippen LogP contribution >= 0.6 is 0 Å². The Bertz CT molecular complexity index is 834. The highest BCUT2D eigenvalue weighted by Gasteiger charge is 2.30. The number of ether oxygens (including phenoxy) is 1. The molecular formula is C15H16N4O5S. The lowest BCUT2D eigenvalue weighted by Gasteiger charge is -2.31. The highest BCUT2D eigenvalue weighted by molar-refractivity contribution is 7.89. The molecular weight excluding hydrogens is 348 g/mol. The number of benzene rings is 1. The zero-order chi connectivity index (χ0) is 17.9. The fourth-order valence-corrected chi connectivity index (χ4v) is 4.07. The number of hydrogen-bond acceptors (Lipinski definition) is 7. The largest absolute Gasteiger partial charge is 0.473 e. The van der Waals surface area contributed by atoms with Crippen molar-refractivity contribution in [3.63, 3.8) is 0 Å². The first kappa shape index (κ1) is 17.2. The maximum atomic E-state index is 12.6. The number of sulfonamides is 1. The van der Waals surface area contributed by atoms with Gasteiger partial charge in [-0.25, -0.2) is 8.42 Å². The van der Waals surface area contributed by atoms with Gasteiger partial charge in [0.1, 0.15) is 6.10 Å². The second-order valence-corrected chi connectivity index (χ2v) is 7.47. The summed E-state index contributed by atoms with van der Waals surface area (Å²) in [5, 5.41) is 18.3. The molecule has 25 heavy (non-hydrogen) atoms. The van der Waals surface area contributed by atoms with Crippen LogP contribution in [0.3, 0.4) is 0 Å². The molecule has 3 rings (SSSR count). The van der Waals surface area contributed by atoms with Crippen LogP contribution in [0.1, 0.15) is 12.8 Å². The summed E-state index contributed by atoms with van der Waals surface area (Å²) in [6.45, 7) is 0.620. The van der Waals surface area contributed by atoms with Gasteiger partial charge in [-0.1, -0.05) is 0 Å². The zero-order valence-electron chi connectivity index (χ0n) is 13.2. The predicted molar refractivity (Wildman–Crippen MR) is 87.5 cm³/mol. The molecule has 10 heteroatoms. The van der Waals surface area contributed by atoms with E-state index in [9.17, 15) is 18.5 Å². The lowest BCUT2D eigenvalue weighted by atomic mass is 10.1. The van der Waals surface area contributed by atoms with Gasteiger partial charge >= 0.3 is 0 Å². The molecule has 0 aliphatic carbocycles. The maximum Gasteiger partial charge on any atom is 0.269 e. The molecule has 2 aromatic rings. The first-order valence-corrected chi connectivity index (χ1v) is 9.10. The van der Waals surface area contributed by atoms with Crippen molar-refractivity contribution in [1.82, 2.24) is 14.5 Å². The van der Waals surface area contributed by atoms with Crippen molar-refractivity contribution in [2.75, 3.05) is 13.1 Å². The minimum atomic E-state index is -3.67. The van der Waals surface area contributed by atoms with Crippen LogP contribution in [0.2, 0.25) is 0 Å². The van der Waals surface area contributed by atoms with E-state index in [4.69, 9.17) is 4.74 Å². The van der Waals surface area contributed by atoms with E-state index in [1.54, 1.807) is 18.3 Å². The van der Waals surface area contributed by atoms with Gasteiger partial charge in [-0.3, -0.25) is 10.1 Å². The average molecular weight is 364 g/mol. The minimum Gasteiger partial charge on any atom is -0.473 e. The third-order valence-corrected chi connectivity index (χ3v) is 5.83. The third-order valence-electron chi connectivity index (χ3n) is 3.92. The van der Waals surface area contributed by atoms with Crippen molar-refractivity contribution in [2.45, 2.75) is 23.8 Å². The Kier molecular flexibility index (Phi) is 4.91. The van der Waals surface area contributed by atoms with Crippen LogP contribution in [-0.2, 0) is 10.0 Å². The van der Waals surface area contributed by atoms with E-state index in [1.807, 2.05) is 0 Å². The van der Waals surface area contributed by atoms with E-state index < -0.39 is 14.9 Å². The van der Waals surface area contributed by atoms with Crippen LogP contribution in [0, 0.1) is 10.1 Å². The first-order chi connectivity index (χ1) is 12.0. The smallest absolute Gasteiger partial charge is 0.269 e. The van der Waals surface area contributed by atoms with Crippen molar-refractivity contribution < 1.29 is 18.1 Å². The van der Waals surface area contributed by atoms with Gasteiger partial charge in [0.2, 0.25) is 15.9 Å². The molecule has 1 aliphatic heterocycles. The quantitative estimate of drug-likeness (QED) is 0.584. The van der Waals surface area contributed by atoms with Crippen molar-refractivity contribution in [2.24, 2.45) is 0 Å². The number of rotatable bonds is 5. The summed E-state index contributed by atoms with van der Waals surface area (Å²) in [6.07, 6.45) is 2.48. The lowest BCUT2D eigenvalue weighted by Crippen LogP contribution is -2.41. The number of nitro benzene ring substituents is 1. The van der Waals surface area contributed by atoms with Crippen LogP contribution in [-0.4, -0.2) is 47.0 Å². The Labute approximate surface area is 144 Å². The topological polar surface area (TPSA) is 116 Å². The maximum absolute atomic E-state index is 12.6. The Morgan fingerprint density at radius 1 is 1.16 bits per heavy atom. The summed E-state index contributed by atoms with van der Waals surface area (Å²) in [4.78, 5) is 10.2. The normalized spacial score (nSPS) is 16.5. The number of piperidine rings is 1. The second-order valence-electron chi connectivity index (χ2n) is 5.53. The van der Waals surface area contributed by atoms with Gasteiger partial charge in [0.15, 0.2) is 0 Å². The summed E-state index contributed by atoms with van der Waals surface area (Å²) < 4.78 is 32.3. The lowest BCUT2D eigenvalue weighted by molar-refractivity contribution is -0.384. The molecule has 1 saturated heterocycles. The number of nitrogens with zero attached hydrogens (tertiary/aromatic N) is 4. The van der Waals surface area contributed by atoms with E-state index in [0.717, 1.165) is 0 Å². The van der Waals surface area contributed by atoms with E-state index in [2.05, 4.69) is 10.2 Å². The zero-order valence-corrected chi connectivity index (χ0v) is 14.0. The van der Waals surface area contributed by atoms with E-state index in [-0.39, 0.29) is 16.7 Å². The van der Waals surface area contributed by atoms with Gasteiger partial charge in [0.25, 0.3) is 5.69 Å². The Balaban J connectivity index is 1.64. The third kappa shape index (κ3) is 3.91. The highest BCUT2D eigenvalue weighted by Crippen LogP contribution is 2.24. The monoisotopic (exact) mass is 364 g/mol. The summed E-state index contributed by atoms with van der Waals surface area (Å²) in [5.41, 5.74) is -0.143. The summed E-state index contributed by atoms with van der Waals surface area (Å²) >= 11 is 0. The number of non-ortho nitro benzene ring substituents is 1. The second kappa shape index (κ2) is 7.11. The minimum absolute atomic E-state index is 0.0476. The van der Waals surface area contributed by atoms with Gasteiger partial charge < -0.3 is 4.74 Å². The molecule has 0 saturated carbocycles. The van der Waals surface area contributed by atoms with Gasteiger partial charge in [-0.2, -0.15) is 9.40 Å². The molecule has 0 unspecified atom stereocenters. The summed E-state index contributed by atoms with van der Waals surface area (Å²) in [7, 11) is -3.67. The first-order valence-electron chi connectivity index (χ1n) is 7.66. The SMILES string of the molecule is O=[N+]([O-])c1ccc(S(=O)(=O)N2CCC(Oc3cccnn3)CC2)cc1. The number of nitro groups is 1.